The fourth-order valence-electron chi connectivity index (χ4n) is 2.57. The molecule has 2 atom stereocenters. The zero-order chi connectivity index (χ0) is 10.2. The average Bonchev–Trinajstić information content (AvgIpc) is 2.38. The van der Waals surface area contributed by atoms with E-state index in [1.165, 1.54) is 0 Å². The molecule has 2 rings (SSSR count). The standard InChI is InChI=1S/C10H13BrO2/c1-8(2)6(12)5-9(3,4)10(5,11)7(8)13/h5H,1-4H3/t5-,10-/m1/s1. The van der Waals surface area contributed by atoms with Crippen LogP contribution in [0.3, 0.4) is 0 Å². The van der Waals surface area contributed by atoms with Crippen LogP contribution in [0.4, 0.5) is 0 Å². The maximum atomic E-state index is 11.9. The van der Waals surface area contributed by atoms with Crippen LogP contribution in [-0.4, -0.2) is 15.9 Å². The van der Waals surface area contributed by atoms with Gasteiger partial charge in [0.15, 0.2) is 11.6 Å². The second-order valence-electron chi connectivity index (χ2n) is 5.18. The van der Waals surface area contributed by atoms with Gasteiger partial charge in [-0.2, -0.15) is 0 Å². The van der Waals surface area contributed by atoms with Gasteiger partial charge in [0, 0.05) is 5.92 Å². The van der Waals surface area contributed by atoms with Crippen LogP contribution in [0.5, 0.6) is 0 Å². The van der Waals surface area contributed by atoms with E-state index >= 15 is 0 Å². The molecule has 0 saturated heterocycles. The average molecular weight is 245 g/mol. The summed E-state index contributed by atoms with van der Waals surface area (Å²) in [4.78, 5) is 23.8. The lowest BCUT2D eigenvalue weighted by Crippen LogP contribution is -2.36. The summed E-state index contributed by atoms with van der Waals surface area (Å²) in [6.45, 7) is 7.39. The molecule has 0 amide bonds. The molecule has 13 heavy (non-hydrogen) atoms. The second-order valence-corrected chi connectivity index (χ2v) is 6.44. The molecule has 0 spiro atoms. The fraction of sp³-hybridized carbons (Fsp3) is 0.800. The number of Topliss-reactive ketones (excluding diaryl/α,β-unsaturated/α-hetero) is 2. The fourth-order valence-corrected chi connectivity index (χ4v) is 3.96. The van der Waals surface area contributed by atoms with Gasteiger partial charge in [-0.1, -0.05) is 29.8 Å². The van der Waals surface area contributed by atoms with Gasteiger partial charge >= 0.3 is 0 Å². The van der Waals surface area contributed by atoms with Crippen molar-refractivity contribution in [1.29, 1.82) is 0 Å². The molecule has 0 N–H and O–H groups in total. The van der Waals surface area contributed by atoms with Crippen molar-refractivity contribution in [3.63, 3.8) is 0 Å². The Balaban J connectivity index is 2.53. The number of hydrogen-bond donors (Lipinski definition) is 0. The van der Waals surface area contributed by atoms with Crippen LogP contribution >= 0.6 is 15.9 Å². The smallest absolute Gasteiger partial charge is 0.163 e. The first kappa shape index (κ1) is 9.38. The third-order valence-corrected chi connectivity index (χ3v) is 5.59. The Kier molecular flexibility index (Phi) is 1.39. The topological polar surface area (TPSA) is 34.1 Å². The van der Waals surface area contributed by atoms with Crippen molar-refractivity contribution in [2.75, 3.05) is 0 Å². The van der Waals surface area contributed by atoms with Gasteiger partial charge in [0.2, 0.25) is 0 Å². The first-order valence-corrected chi connectivity index (χ1v) is 5.26. The van der Waals surface area contributed by atoms with Crippen molar-refractivity contribution >= 4 is 27.5 Å². The molecule has 72 valence electrons. The first-order valence-electron chi connectivity index (χ1n) is 4.46. The lowest BCUT2D eigenvalue weighted by Gasteiger charge is -2.22. The van der Waals surface area contributed by atoms with Crippen LogP contribution in [-0.2, 0) is 9.59 Å². The van der Waals surface area contributed by atoms with E-state index in [0.29, 0.717) is 0 Å². The lowest BCUT2D eigenvalue weighted by molar-refractivity contribution is -0.136. The molecule has 0 aromatic rings. The summed E-state index contributed by atoms with van der Waals surface area (Å²) >= 11 is 3.45. The Morgan fingerprint density at radius 3 is 1.85 bits per heavy atom. The number of halogens is 1. The minimum Gasteiger partial charge on any atom is -0.298 e. The van der Waals surface area contributed by atoms with E-state index in [-0.39, 0.29) is 22.9 Å². The van der Waals surface area contributed by atoms with Gasteiger partial charge in [0.05, 0.1) is 5.41 Å². The highest BCUT2D eigenvalue weighted by Crippen LogP contribution is 2.74. The van der Waals surface area contributed by atoms with Gasteiger partial charge in [0.25, 0.3) is 0 Å². The summed E-state index contributed by atoms with van der Waals surface area (Å²) < 4.78 is -0.555. The molecule has 0 radical (unpaired) electrons. The zero-order valence-electron chi connectivity index (χ0n) is 8.27. The van der Waals surface area contributed by atoms with E-state index in [0.717, 1.165) is 0 Å². The maximum Gasteiger partial charge on any atom is 0.163 e. The Hall–Kier alpha value is -0.180. The van der Waals surface area contributed by atoms with Crippen molar-refractivity contribution < 1.29 is 9.59 Å². The van der Waals surface area contributed by atoms with E-state index in [1.54, 1.807) is 13.8 Å². The van der Waals surface area contributed by atoms with E-state index in [2.05, 4.69) is 15.9 Å². The van der Waals surface area contributed by atoms with Crippen LogP contribution < -0.4 is 0 Å². The van der Waals surface area contributed by atoms with Gasteiger partial charge in [-0.05, 0) is 19.3 Å². The SMILES string of the molecule is CC1(C)C(=O)[C@@H]2C(C)(C)[C@]2(Br)C1=O. The van der Waals surface area contributed by atoms with Crippen molar-refractivity contribution in [3.8, 4) is 0 Å². The monoisotopic (exact) mass is 244 g/mol. The van der Waals surface area contributed by atoms with Gasteiger partial charge in [-0.3, -0.25) is 9.59 Å². The van der Waals surface area contributed by atoms with Gasteiger partial charge in [-0.25, -0.2) is 0 Å². The highest BCUT2D eigenvalue weighted by atomic mass is 79.9. The van der Waals surface area contributed by atoms with Gasteiger partial charge < -0.3 is 0 Å². The Morgan fingerprint density at radius 2 is 1.62 bits per heavy atom. The molecule has 0 aromatic heterocycles. The van der Waals surface area contributed by atoms with Crippen LogP contribution in [0.2, 0.25) is 0 Å². The predicted molar refractivity (Wildman–Crippen MR) is 52.7 cm³/mol. The van der Waals surface area contributed by atoms with Crippen molar-refractivity contribution in [3.05, 3.63) is 0 Å². The highest BCUT2D eigenvalue weighted by Gasteiger charge is 2.84. The van der Waals surface area contributed by atoms with Gasteiger partial charge in [-0.15, -0.1) is 0 Å². The van der Waals surface area contributed by atoms with Crippen molar-refractivity contribution in [2.45, 2.75) is 32.0 Å². The van der Waals surface area contributed by atoms with Crippen molar-refractivity contribution in [1.82, 2.24) is 0 Å². The third kappa shape index (κ3) is 0.684. The molecule has 0 aliphatic heterocycles. The summed E-state index contributed by atoms with van der Waals surface area (Å²) in [7, 11) is 0. The van der Waals surface area contributed by atoms with Crippen molar-refractivity contribution in [2.24, 2.45) is 16.7 Å². The number of hydrogen-bond acceptors (Lipinski definition) is 2. The Morgan fingerprint density at radius 1 is 1.15 bits per heavy atom. The summed E-state index contributed by atoms with van der Waals surface area (Å²) in [5.74, 6) is 0.0434. The molecule has 0 bridgehead atoms. The molecule has 0 aromatic carbocycles. The van der Waals surface area contributed by atoms with Gasteiger partial charge in [0.1, 0.15) is 4.32 Å². The molecule has 2 saturated carbocycles. The molecule has 2 aliphatic carbocycles. The van der Waals surface area contributed by atoms with Crippen LogP contribution in [0.1, 0.15) is 27.7 Å². The van der Waals surface area contributed by atoms with Crippen LogP contribution in [0.15, 0.2) is 0 Å². The lowest BCUT2D eigenvalue weighted by atomic mass is 9.80. The number of carbonyl (C=O) groups is 2. The molecular weight excluding hydrogens is 232 g/mol. The van der Waals surface area contributed by atoms with Crippen LogP contribution in [0, 0.1) is 16.7 Å². The molecule has 0 heterocycles. The molecule has 0 unspecified atom stereocenters. The summed E-state index contributed by atoms with van der Waals surface area (Å²) in [5, 5.41) is 0. The number of ketones is 2. The Labute approximate surface area is 86.2 Å². The maximum absolute atomic E-state index is 11.9. The molecule has 2 nitrogen and oxygen atoms in total. The number of alkyl halides is 1. The number of rotatable bonds is 0. The molecule has 2 fully saturated rings. The highest BCUT2D eigenvalue weighted by molar-refractivity contribution is 9.10. The summed E-state index contributed by atoms with van der Waals surface area (Å²) in [6, 6.07) is 0. The summed E-state index contributed by atoms with van der Waals surface area (Å²) in [6.07, 6.45) is 0. The second kappa shape index (κ2) is 1.92. The largest absolute Gasteiger partial charge is 0.298 e. The molecule has 3 heteroatoms. The minimum atomic E-state index is -0.774. The predicted octanol–water partition coefficient (Wildman–Crippen LogP) is 1.95. The first-order chi connectivity index (χ1) is 5.68. The minimum absolute atomic E-state index is 0.0556. The quantitative estimate of drug-likeness (QED) is 0.483. The molecule has 2 aliphatic rings. The number of fused-ring (bicyclic) bond motifs is 1. The molecular formula is C10H13BrO2. The van der Waals surface area contributed by atoms with Crippen LogP contribution in [0.25, 0.3) is 0 Å². The van der Waals surface area contributed by atoms with E-state index in [1.807, 2.05) is 13.8 Å². The van der Waals surface area contributed by atoms with E-state index in [4.69, 9.17) is 0 Å². The summed E-state index contributed by atoms with van der Waals surface area (Å²) in [5.41, 5.74) is -0.958. The zero-order valence-corrected chi connectivity index (χ0v) is 9.86. The van der Waals surface area contributed by atoms with E-state index in [9.17, 15) is 9.59 Å². The normalized spacial score (nSPS) is 44.8. The third-order valence-electron chi connectivity index (χ3n) is 3.75. The Bertz CT molecular complexity index is 330. The van der Waals surface area contributed by atoms with E-state index < -0.39 is 9.74 Å². The number of carbonyl (C=O) groups excluding carboxylic acids is 2.